The fourth-order valence-corrected chi connectivity index (χ4v) is 5.77. The number of carbonyl (C=O) groups is 3. The van der Waals surface area contributed by atoms with E-state index < -0.39 is 22.0 Å². The number of nitro groups is 1. The lowest BCUT2D eigenvalue weighted by molar-refractivity contribution is -0.384. The summed E-state index contributed by atoms with van der Waals surface area (Å²) in [5.74, 6) is -1.29. The van der Waals surface area contributed by atoms with Gasteiger partial charge in [0.1, 0.15) is 10.9 Å². The van der Waals surface area contributed by atoms with Crippen molar-refractivity contribution in [3.63, 3.8) is 0 Å². The summed E-state index contributed by atoms with van der Waals surface area (Å²) in [5.41, 5.74) is 2.70. The summed E-state index contributed by atoms with van der Waals surface area (Å²) in [7, 11) is 0. The molecule has 0 heterocycles. The molecule has 0 bridgehead atoms. The van der Waals surface area contributed by atoms with Crippen molar-refractivity contribution in [3.8, 4) is 0 Å². The number of anilines is 2. The van der Waals surface area contributed by atoms with Crippen molar-refractivity contribution in [1.82, 2.24) is 5.32 Å². The molecular formula is C36H27BrN4O5S. The smallest absolute Gasteiger partial charge is 0.272 e. The summed E-state index contributed by atoms with van der Waals surface area (Å²) in [6.45, 7) is 0. The topological polar surface area (TPSA) is 130 Å². The van der Waals surface area contributed by atoms with Crippen LogP contribution in [0.5, 0.6) is 0 Å². The lowest BCUT2D eigenvalue weighted by Gasteiger charge is -2.18. The Hall–Kier alpha value is -5.52. The molecule has 5 rings (SSSR count). The Morgan fingerprint density at radius 2 is 1.40 bits per heavy atom. The monoisotopic (exact) mass is 706 g/mol. The maximum atomic E-state index is 13.6. The van der Waals surface area contributed by atoms with Crippen LogP contribution in [0.2, 0.25) is 0 Å². The molecule has 47 heavy (non-hydrogen) atoms. The van der Waals surface area contributed by atoms with Crippen molar-refractivity contribution in [2.75, 3.05) is 10.6 Å². The molecule has 0 aromatic heterocycles. The molecular weight excluding hydrogens is 680 g/mol. The van der Waals surface area contributed by atoms with Crippen LogP contribution in [0.1, 0.15) is 26.7 Å². The summed E-state index contributed by atoms with van der Waals surface area (Å²) in [4.78, 5) is 51.3. The summed E-state index contributed by atoms with van der Waals surface area (Å²) in [5, 5.41) is 18.8. The predicted octanol–water partition coefficient (Wildman–Crippen LogP) is 8.24. The third kappa shape index (κ3) is 9.25. The highest BCUT2D eigenvalue weighted by molar-refractivity contribution is 9.10. The number of nitrogens with one attached hydrogen (secondary N) is 3. The second-order valence-electron chi connectivity index (χ2n) is 10.1. The van der Waals surface area contributed by atoms with Crippen LogP contribution in [0.4, 0.5) is 17.1 Å². The molecule has 11 heteroatoms. The number of hydrogen-bond acceptors (Lipinski definition) is 6. The zero-order valence-corrected chi connectivity index (χ0v) is 27.0. The lowest BCUT2D eigenvalue weighted by atomic mass is 10.1. The van der Waals surface area contributed by atoms with Crippen molar-refractivity contribution < 1.29 is 19.3 Å². The molecule has 0 aliphatic heterocycles. The summed E-state index contributed by atoms with van der Waals surface area (Å²) < 4.78 is 0.874. The van der Waals surface area contributed by atoms with Gasteiger partial charge in [0, 0.05) is 38.4 Å². The molecule has 3 amide bonds. The van der Waals surface area contributed by atoms with Gasteiger partial charge in [0.05, 0.1) is 4.92 Å². The molecule has 1 unspecified atom stereocenters. The largest absolute Gasteiger partial charge is 0.325 e. The molecule has 0 fully saturated rings. The Bertz CT molecular complexity index is 1920. The third-order valence-electron chi connectivity index (χ3n) is 6.74. The van der Waals surface area contributed by atoms with Gasteiger partial charge in [0.15, 0.2) is 0 Å². The van der Waals surface area contributed by atoms with Crippen LogP contribution >= 0.6 is 27.7 Å². The normalized spacial score (nSPS) is 11.6. The average molecular weight is 708 g/mol. The van der Waals surface area contributed by atoms with Crippen LogP contribution in [0, 0.1) is 10.1 Å². The maximum Gasteiger partial charge on any atom is 0.272 e. The van der Waals surface area contributed by atoms with E-state index in [9.17, 15) is 24.5 Å². The van der Waals surface area contributed by atoms with Crippen molar-refractivity contribution in [2.45, 2.75) is 10.1 Å². The summed E-state index contributed by atoms with van der Waals surface area (Å²) in [6.07, 6.45) is 1.59. The van der Waals surface area contributed by atoms with E-state index in [0.29, 0.717) is 27.4 Å². The van der Waals surface area contributed by atoms with Crippen LogP contribution in [-0.2, 0) is 9.59 Å². The zero-order chi connectivity index (χ0) is 33.2. The Morgan fingerprint density at radius 3 is 2.06 bits per heavy atom. The van der Waals surface area contributed by atoms with E-state index in [2.05, 4.69) is 31.9 Å². The number of carbonyl (C=O) groups excluding carboxylic acids is 3. The van der Waals surface area contributed by atoms with Crippen LogP contribution in [0.25, 0.3) is 6.08 Å². The molecule has 5 aromatic rings. The van der Waals surface area contributed by atoms with Crippen molar-refractivity contribution in [2.24, 2.45) is 0 Å². The zero-order valence-electron chi connectivity index (χ0n) is 24.6. The molecule has 0 aliphatic carbocycles. The second-order valence-corrected chi connectivity index (χ2v) is 12.2. The highest BCUT2D eigenvalue weighted by Gasteiger charge is 2.23. The van der Waals surface area contributed by atoms with Gasteiger partial charge in [0.2, 0.25) is 5.91 Å². The SMILES string of the molecule is O=C(Nc1cccc(SC(C(=O)Nc2ccc([N+](=O)[O-])cc2)c2ccccc2)c1)/C(=C/c1ccc(Br)cc1)NC(=O)c1ccccc1. The first-order chi connectivity index (χ1) is 22.7. The molecule has 9 nitrogen and oxygen atoms in total. The number of nitrogens with zero attached hydrogens (tertiary/aromatic N) is 1. The number of hydrogen-bond donors (Lipinski definition) is 3. The molecule has 0 saturated heterocycles. The molecule has 0 aliphatic rings. The van der Waals surface area contributed by atoms with E-state index in [0.717, 1.165) is 10.0 Å². The first-order valence-electron chi connectivity index (χ1n) is 14.3. The first kappa shape index (κ1) is 32.9. The fourth-order valence-electron chi connectivity index (χ4n) is 4.42. The van der Waals surface area contributed by atoms with Crippen molar-refractivity contribution in [1.29, 1.82) is 0 Å². The molecule has 1 atom stereocenters. The lowest BCUT2D eigenvalue weighted by Crippen LogP contribution is -2.30. The van der Waals surface area contributed by atoms with Gasteiger partial charge in [-0.2, -0.15) is 0 Å². The number of benzene rings is 5. The number of amides is 3. The predicted molar refractivity (Wildman–Crippen MR) is 188 cm³/mol. The Morgan fingerprint density at radius 1 is 0.745 bits per heavy atom. The quantitative estimate of drug-likeness (QED) is 0.0549. The fraction of sp³-hybridized carbons (Fsp3) is 0.0278. The summed E-state index contributed by atoms with van der Waals surface area (Å²) in [6, 6.07) is 37.8. The minimum atomic E-state index is -0.685. The number of non-ortho nitro benzene ring substituents is 1. The number of nitro benzene ring substituents is 1. The van der Waals surface area contributed by atoms with Crippen molar-refractivity contribution in [3.05, 3.63) is 170 Å². The van der Waals surface area contributed by atoms with Gasteiger partial charge in [-0.05, 0) is 71.8 Å². The highest BCUT2D eigenvalue weighted by Crippen LogP contribution is 2.37. The van der Waals surface area contributed by atoms with Gasteiger partial charge in [-0.3, -0.25) is 24.5 Å². The van der Waals surface area contributed by atoms with Crippen molar-refractivity contribution >= 4 is 68.6 Å². The Balaban J connectivity index is 1.36. The number of thioether (sulfide) groups is 1. The van der Waals surface area contributed by atoms with Gasteiger partial charge in [0.25, 0.3) is 17.5 Å². The Labute approximate surface area is 283 Å². The van der Waals surface area contributed by atoms with Gasteiger partial charge < -0.3 is 16.0 Å². The van der Waals surface area contributed by atoms with Crippen LogP contribution < -0.4 is 16.0 Å². The minimum absolute atomic E-state index is 0.0452. The maximum absolute atomic E-state index is 13.6. The van der Waals surface area contributed by atoms with E-state index in [-0.39, 0.29) is 17.3 Å². The Kier molecular flexibility index (Phi) is 10.9. The van der Waals surface area contributed by atoms with Gasteiger partial charge in [-0.15, -0.1) is 11.8 Å². The molecule has 234 valence electrons. The molecule has 5 aromatic carbocycles. The van der Waals surface area contributed by atoms with E-state index in [4.69, 9.17) is 0 Å². The van der Waals surface area contributed by atoms with Crippen LogP contribution in [0.3, 0.4) is 0 Å². The molecule has 3 N–H and O–H groups in total. The van der Waals surface area contributed by atoms with Gasteiger partial charge >= 0.3 is 0 Å². The molecule has 0 spiro atoms. The average Bonchev–Trinajstić information content (AvgIpc) is 3.09. The molecule has 0 radical (unpaired) electrons. The van der Waals surface area contributed by atoms with Crippen LogP contribution in [0.15, 0.2) is 149 Å². The van der Waals surface area contributed by atoms with E-state index in [1.807, 2.05) is 60.7 Å². The summed E-state index contributed by atoms with van der Waals surface area (Å²) >= 11 is 4.69. The highest BCUT2D eigenvalue weighted by atomic mass is 79.9. The first-order valence-corrected chi connectivity index (χ1v) is 15.9. The number of rotatable bonds is 11. The number of halogens is 1. The van der Waals surface area contributed by atoms with Gasteiger partial charge in [-0.25, -0.2) is 0 Å². The second kappa shape index (κ2) is 15.7. The minimum Gasteiger partial charge on any atom is -0.325 e. The molecule has 0 saturated carbocycles. The van der Waals surface area contributed by atoms with E-state index >= 15 is 0 Å². The third-order valence-corrected chi connectivity index (χ3v) is 8.52. The standard InChI is InChI=1S/C36H27BrN4O5S/c37-27-16-14-24(15-17-27)22-32(40-34(42)26-10-5-2-6-11-26)35(43)39-29-12-7-13-31(23-29)47-33(25-8-3-1-4-9-25)36(44)38-28-18-20-30(21-19-28)41(45)46/h1-23,33H,(H,38,44)(H,39,43)(H,40,42)/b32-22-. The van der Waals surface area contributed by atoms with Crippen LogP contribution in [-0.4, -0.2) is 22.6 Å². The van der Waals surface area contributed by atoms with E-state index in [1.165, 1.54) is 36.0 Å². The van der Waals surface area contributed by atoms with E-state index in [1.54, 1.807) is 54.6 Å². The van der Waals surface area contributed by atoms with Gasteiger partial charge in [-0.1, -0.05) is 82.7 Å².